The van der Waals surface area contributed by atoms with E-state index in [0.29, 0.717) is 0 Å². The van der Waals surface area contributed by atoms with Crippen LogP contribution in [0.2, 0.25) is 0 Å². The van der Waals surface area contributed by atoms with Crippen LogP contribution in [0.3, 0.4) is 0 Å². The average molecular weight is 266 g/mol. The molecular formula is C17H16NS. The van der Waals surface area contributed by atoms with Gasteiger partial charge in [-0.2, -0.15) is 10.9 Å². The molecule has 1 aliphatic rings. The molecule has 1 nitrogen and oxygen atoms in total. The molecule has 2 heteroatoms. The second-order valence-corrected chi connectivity index (χ2v) is 6.56. The molecule has 1 radical (unpaired) electrons. The first kappa shape index (κ1) is 12.2. The molecule has 0 saturated heterocycles. The van der Waals surface area contributed by atoms with Crippen molar-refractivity contribution < 1.29 is 0 Å². The number of hydrogen-bond donors (Lipinski definition) is 1. The molecule has 0 aliphatic carbocycles. The number of nitrogens with zero attached hydrogens (tertiary/aromatic N) is 1. The van der Waals surface area contributed by atoms with Gasteiger partial charge in [0.2, 0.25) is 0 Å². The molecule has 0 saturated carbocycles. The number of hydrogen-bond acceptors (Lipinski definition) is 1. The molecule has 19 heavy (non-hydrogen) atoms. The molecule has 0 fully saturated rings. The molecule has 0 N–H and O–H groups in total. The molecule has 0 spiro atoms. The first-order chi connectivity index (χ1) is 9.43. The summed E-state index contributed by atoms with van der Waals surface area (Å²) in [6.45, 7) is 0. The minimum absolute atomic E-state index is 0.295. The summed E-state index contributed by atoms with van der Waals surface area (Å²) in [6, 6.07) is 21.2. The summed E-state index contributed by atoms with van der Waals surface area (Å²) in [4.78, 5) is 5.54. The van der Waals surface area contributed by atoms with Gasteiger partial charge in [0.1, 0.15) is 6.20 Å². The van der Waals surface area contributed by atoms with Crippen LogP contribution in [-0.2, 0) is 6.42 Å². The Morgan fingerprint density at radius 2 is 1.58 bits per heavy atom. The van der Waals surface area contributed by atoms with Gasteiger partial charge in [0, 0.05) is 10.5 Å². The molecule has 3 rings (SSSR count). The van der Waals surface area contributed by atoms with E-state index >= 15 is 0 Å². The van der Waals surface area contributed by atoms with Crippen molar-refractivity contribution in [1.82, 2.24) is 0 Å². The van der Waals surface area contributed by atoms with Crippen molar-refractivity contribution in [1.29, 1.82) is 0 Å². The van der Waals surface area contributed by atoms with Crippen molar-refractivity contribution in [2.75, 3.05) is 5.75 Å². The Labute approximate surface area is 117 Å². The van der Waals surface area contributed by atoms with Crippen LogP contribution in [0.15, 0.2) is 65.7 Å². The topological polar surface area (TPSA) is 12.4 Å². The molecule has 95 valence electrons. The molecular weight excluding hydrogens is 250 g/mol. The molecule has 0 amide bonds. The lowest BCUT2D eigenvalue weighted by molar-refractivity contribution is 1.16. The lowest BCUT2D eigenvalue weighted by Gasteiger charge is -2.16. The molecule has 2 aromatic rings. The highest BCUT2D eigenvalue weighted by atomic mass is 32.2. The molecule has 0 aromatic heterocycles. The van der Waals surface area contributed by atoms with Crippen molar-refractivity contribution >= 4 is 21.3 Å². The van der Waals surface area contributed by atoms with Crippen molar-refractivity contribution in [3.8, 4) is 0 Å². The van der Waals surface area contributed by atoms with Gasteiger partial charge in [0.05, 0.1) is 0 Å². The van der Waals surface area contributed by atoms with E-state index in [1.807, 2.05) is 6.07 Å². The highest BCUT2D eigenvalue weighted by molar-refractivity contribution is 8.35. The average Bonchev–Trinajstić information content (AvgIpc) is 2.95. The second-order valence-electron chi connectivity index (χ2n) is 4.50. The molecule has 1 atom stereocenters. The zero-order chi connectivity index (χ0) is 12.9. The summed E-state index contributed by atoms with van der Waals surface area (Å²) < 4.78 is 0. The third-order valence-electron chi connectivity index (χ3n) is 3.19. The fourth-order valence-corrected chi connectivity index (χ4v) is 3.99. The number of benzene rings is 2. The fourth-order valence-electron chi connectivity index (χ4n) is 2.17. The van der Waals surface area contributed by atoms with E-state index in [4.69, 9.17) is 0 Å². The number of aryl methyl sites for hydroxylation is 1. The number of rotatable bonds is 4. The quantitative estimate of drug-likeness (QED) is 0.801. The summed E-state index contributed by atoms with van der Waals surface area (Å²) in [6.07, 6.45) is 4.28. The summed E-state index contributed by atoms with van der Waals surface area (Å²) in [7, 11) is -0.295. The predicted octanol–water partition coefficient (Wildman–Crippen LogP) is 4.07. The van der Waals surface area contributed by atoms with Crippen molar-refractivity contribution in [2.45, 2.75) is 6.42 Å². The minimum atomic E-state index is -0.295. The van der Waals surface area contributed by atoms with Gasteiger partial charge in [-0.15, -0.1) is 0 Å². The van der Waals surface area contributed by atoms with Crippen LogP contribution >= 0.6 is 10.9 Å². The fraction of sp³-hybridized carbons (Fsp3) is 0.118. The molecule has 1 aliphatic heterocycles. The summed E-state index contributed by atoms with van der Waals surface area (Å²) >= 11 is 0. The van der Waals surface area contributed by atoms with Crippen molar-refractivity contribution in [3.05, 3.63) is 78.0 Å². The van der Waals surface area contributed by atoms with Crippen LogP contribution in [0, 0.1) is 6.20 Å². The normalized spacial score (nSPS) is 19.4. The predicted molar refractivity (Wildman–Crippen MR) is 85.6 cm³/mol. The van der Waals surface area contributed by atoms with E-state index in [1.54, 1.807) is 0 Å². The van der Waals surface area contributed by atoms with Gasteiger partial charge in [-0.25, -0.2) is 4.99 Å². The van der Waals surface area contributed by atoms with E-state index in [2.05, 4.69) is 71.3 Å². The van der Waals surface area contributed by atoms with Crippen molar-refractivity contribution in [2.24, 2.45) is 4.99 Å². The van der Waals surface area contributed by atoms with E-state index in [-0.39, 0.29) is 10.9 Å². The SMILES string of the molecule is [C]1=C(c2ccccc2)[SH](CCc2ccccc2)C=N1. The maximum absolute atomic E-state index is 4.25. The Bertz CT molecular complexity index is 587. The Morgan fingerprint density at radius 1 is 0.895 bits per heavy atom. The molecule has 1 unspecified atom stereocenters. The van der Waals surface area contributed by atoms with Crippen LogP contribution < -0.4 is 0 Å². The van der Waals surface area contributed by atoms with Crippen LogP contribution in [0.4, 0.5) is 0 Å². The first-order valence-electron chi connectivity index (χ1n) is 6.45. The second kappa shape index (κ2) is 5.89. The van der Waals surface area contributed by atoms with E-state index in [9.17, 15) is 0 Å². The van der Waals surface area contributed by atoms with Gasteiger partial charge >= 0.3 is 0 Å². The van der Waals surface area contributed by atoms with Gasteiger partial charge in [-0.05, 0) is 23.3 Å². The largest absolute Gasteiger partial charge is 0.248 e. The highest BCUT2D eigenvalue weighted by Crippen LogP contribution is 2.43. The van der Waals surface area contributed by atoms with Gasteiger partial charge in [-0.3, -0.25) is 0 Å². The van der Waals surface area contributed by atoms with Crippen LogP contribution in [0.5, 0.6) is 0 Å². The van der Waals surface area contributed by atoms with Gasteiger partial charge in [-0.1, -0.05) is 60.7 Å². The van der Waals surface area contributed by atoms with Crippen LogP contribution in [0.1, 0.15) is 11.1 Å². The van der Waals surface area contributed by atoms with E-state index in [0.717, 1.165) is 12.2 Å². The zero-order valence-corrected chi connectivity index (χ0v) is 11.6. The molecule has 2 aromatic carbocycles. The third kappa shape index (κ3) is 2.96. The zero-order valence-electron chi connectivity index (χ0n) is 10.7. The maximum atomic E-state index is 4.25. The maximum Gasteiger partial charge on any atom is 0.103 e. The Morgan fingerprint density at radius 3 is 2.32 bits per heavy atom. The summed E-state index contributed by atoms with van der Waals surface area (Å²) in [5.41, 5.74) is 4.75. The van der Waals surface area contributed by atoms with E-state index < -0.39 is 0 Å². The van der Waals surface area contributed by atoms with E-state index in [1.165, 1.54) is 16.0 Å². The smallest absolute Gasteiger partial charge is 0.103 e. The highest BCUT2D eigenvalue weighted by Gasteiger charge is 2.14. The van der Waals surface area contributed by atoms with Crippen LogP contribution in [-0.4, -0.2) is 11.3 Å². The van der Waals surface area contributed by atoms with Crippen LogP contribution in [0.25, 0.3) is 4.91 Å². The Balaban J connectivity index is 1.69. The van der Waals surface area contributed by atoms with Crippen molar-refractivity contribution in [3.63, 3.8) is 0 Å². The monoisotopic (exact) mass is 266 g/mol. The minimum Gasteiger partial charge on any atom is -0.248 e. The van der Waals surface area contributed by atoms with Gasteiger partial charge in [0.25, 0.3) is 0 Å². The Kier molecular flexibility index (Phi) is 3.80. The standard InChI is InChI=1S/C17H16NS/c1-3-7-15(8-4-1)11-12-19-14-18-13-17(19)16-9-5-2-6-10-16/h1-10,14,19H,11-12H2. The molecule has 1 heterocycles. The van der Waals surface area contributed by atoms with Gasteiger partial charge in [0.15, 0.2) is 0 Å². The molecule has 0 bridgehead atoms. The van der Waals surface area contributed by atoms with Gasteiger partial charge < -0.3 is 0 Å². The number of thiol groups is 1. The number of aliphatic imine (C=N–C) groups is 1. The summed E-state index contributed by atoms with van der Waals surface area (Å²) in [5, 5.41) is 0. The summed E-state index contributed by atoms with van der Waals surface area (Å²) in [5.74, 6) is 1.15. The Hall–Kier alpha value is -1.80. The third-order valence-corrected chi connectivity index (χ3v) is 5.22. The lowest BCUT2D eigenvalue weighted by atomic mass is 10.2. The first-order valence-corrected chi connectivity index (χ1v) is 8.05. The lowest BCUT2D eigenvalue weighted by Crippen LogP contribution is -1.95.